The lowest BCUT2D eigenvalue weighted by molar-refractivity contribution is -0.274. The number of ether oxygens (including phenoxy) is 1. The molecule has 0 saturated carbocycles. The van der Waals surface area contributed by atoms with Crippen LogP contribution in [0.2, 0.25) is 0 Å². The summed E-state index contributed by atoms with van der Waals surface area (Å²) in [5, 5.41) is 12.5. The number of carboxylic acid groups (broad SMARTS) is 1. The summed E-state index contributed by atoms with van der Waals surface area (Å²) in [4.78, 5) is 28.0. The molecule has 2 heterocycles. The summed E-state index contributed by atoms with van der Waals surface area (Å²) in [6, 6.07) is 6.37. The van der Waals surface area contributed by atoms with Crippen molar-refractivity contribution >= 4 is 11.8 Å². The normalized spacial score (nSPS) is 12.6. The van der Waals surface area contributed by atoms with Gasteiger partial charge in [0.1, 0.15) is 17.6 Å². The highest BCUT2D eigenvalue weighted by molar-refractivity contribution is 5.77. The van der Waals surface area contributed by atoms with Crippen LogP contribution in [-0.4, -0.2) is 43.4 Å². The maximum atomic E-state index is 12.5. The van der Waals surface area contributed by atoms with Gasteiger partial charge in [-0.25, -0.2) is 19.7 Å². The molecule has 2 aromatic heterocycles. The number of aromatic amines is 1. The van der Waals surface area contributed by atoms with Gasteiger partial charge in [0.15, 0.2) is 11.6 Å². The van der Waals surface area contributed by atoms with E-state index >= 15 is 0 Å². The number of halogens is 3. The first kappa shape index (κ1) is 25.0. The number of imidazole rings is 1. The number of nitrogens with zero attached hydrogens (tertiary/aromatic N) is 3. The van der Waals surface area contributed by atoms with Crippen LogP contribution in [0.25, 0.3) is 22.9 Å². The minimum atomic E-state index is -4.80. The summed E-state index contributed by atoms with van der Waals surface area (Å²) < 4.78 is 41.6. The third-order valence-corrected chi connectivity index (χ3v) is 4.77. The van der Waals surface area contributed by atoms with Crippen LogP contribution >= 0.6 is 0 Å². The lowest BCUT2D eigenvalue weighted by Crippen LogP contribution is -2.31. The second-order valence-corrected chi connectivity index (χ2v) is 8.19. The zero-order valence-corrected chi connectivity index (χ0v) is 19.0. The van der Waals surface area contributed by atoms with E-state index in [0.717, 1.165) is 6.42 Å². The van der Waals surface area contributed by atoms with Gasteiger partial charge in [0.05, 0.1) is 5.69 Å². The molecule has 0 saturated heterocycles. The second kappa shape index (κ2) is 10.5. The molecule has 182 valence electrons. The molecule has 0 aliphatic heterocycles. The molecule has 1 unspecified atom stereocenters. The first-order valence-electron chi connectivity index (χ1n) is 10.8. The Kier molecular flexibility index (Phi) is 7.75. The number of aryl methyl sites for hydroxylation is 1. The molecule has 11 heteroatoms. The van der Waals surface area contributed by atoms with Gasteiger partial charge in [0.25, 0.3) is 0 Å². The molecule has 0 amide bonds. The van der Waals surface area contributed by atoms with Crippen LogP contribution in [-0.2, 0) is 11.2 Å². The molecule has 0 aliphatic rings. The molecule has 0 radical (unpaired) electrons. The number of hydrogen-bond donors (Lipinski definition) is 3. The molecule has 3 N–H and O–H groups in total. The molecule has 0 fully saturated rings. The molecular weight excluding hydrogens is 451 g/mol. The molecule has 3 rings (SSSR count). The number of rotatable bonds is 10. The SMILES string of the molecule is CCCc1cc(NC(CC(C)C)C(=O)O)nc(-c2nc(-c3cccc(OC(F)(F)F)c3)c[nH]2)n1. The number of anilines is 1. The van der Waals surface area contributed by atoms with Gasteiger partial charge >= 0.3 is 12.3 Å². The van der Waals surface area contributed by atoms with Crippen molar-refractivity contribution in [3.05, 3.63) is 42.2 Å². The van der Waals surface area contributed by atoms with E-state index in [4.69, 9.17) is 0 Å². The number of nitrogens with one attached hydrogen (secondary N) is 2. The van der Waals surface area contributed by atoms with Gasteiger partial charge in [0.2, 0.25) is 0 Å². The van der Waals surface area contributed by atoms with Gasteiger partial charge in [-0.3, -0.25) is 0 Å². The Morgan fingerprint density at radius 2 is 1.97 bits per heavy atom. The van der Waals surface area contributed by atoms with Crippen LogP contribution in [0.1, 0.15) is 39.3 Å². The number of carbonyl (C=O) groups is 1. The van der Waals surface area contributed by atoms with E-state index in [-0.39, 0.29) is 17.5 Å². The van der Waals surface area contributed by atoms with Gasteiger partial charge in [-0.05, 0) is 30.9 Å². The number of aliphatic carboxylic acids is 1. The van der Waals surface area contributed by atoms with Crippen molar-refractivity contribution in [3.8, 4) is 28.7 Å². The Bertz CT molecular complexity index is 1130. The van der Waals surface area contributed by atoms with Crippen LogP contribution in [0, 0.1) is 5.92 Å². The van der Waals surface area contributed by atoms with Crippen molar-refractivity contribution in [1.29, 1.82) is 0 Å². The first-order chi connectivity index (χ1) is 16.0. The zero-order valence-electron chi connectivity index (χ0n) is 19.0. The van der Waals surface area contributed by atoms with Gasteiger partial charge < -0.3 is 20.1 Å². The van der Waals surface area contributed by atoms with E-state index in [1.54, 1.807) is 12.1 Å². The van der Waals surface area contributed by atoms with Crippen molar-refractivity contribution in [3.63, 3.8) is 0 Å². The van der Waals surface area contributed by atoms with Gasteiger partial charge in [0, 0.05) is 23.5 Å². The Morgan fingerprint density at radius 3 is 2.62 bits per heavy atom. The molecule has 0 spiro atoms. The van der Waals surface area contributed by atoms with Gasteiger partial charge in [-0.1, -0.05) is 39.3 Å². The quantitative estimate of drug-likeness (QED) is 0.363. The zero-order chi connectivity index (χ0) is 24.9. The average Bonchev–Trinajstić information content (AvgIpc) is 3.22. The van der Waals surface area contributed by atoms with E-state index in [2.05, 4.69) is 30.0 Å². The number of alkyl halides is 3. The van der Waals surface area contributed by atoms with Crippen molar-refractivity contribution in [2.75, 3.05) is 5.32 Å². The molecule has 1 aromatic carbocycles. The van der Waals surface area contributed by atoms with Crippen LogP contribution in [0.4, 0.5) is 19.0 Å². The standard InChI is InChI=1S/C23H26F3N5O3/c1-4-6-15-11-19(29-17(22(32)33)9-13(2)3)31-21(28-15)20-27-12-18(30-20)14-7-5-8-16(10-14)34-23(24,25)26/h5,7-8,10-13,17H,4,6,9H2,1-3H3,(H,27,30)(H,32,33)(H,28,29,31). The molecule has 0 aliphatic carbocycles. The average molecular weight is 477 g/mol. The van der Waals surface area contributed by atoms with E-state index in [0.29, 0.717) is 41.4 Å². The lowest BCUT2D eigenvalue weighted by atomic mass is 10.0. The number of benzene rings is 1. The van der Waals surface area contributed by atoms with Gasteiger partial charge in [-0.2, -0.15) is 0 Å². The predicted molar refractivity (Wildman–Crippen MR) is 120 cm³/mol. The predicted octanol–water partition coefficient (Wildman–Crippen LogP) is 5.30. The topological polar surface area (TPSA) is 113 Å². The van der Waals surface area contributed by atoms with Crippen molar-refractivity contribution in [1.82, 2.24) is 19.9 Å². The Balaban J connectivity index is 1.91. The van der Waals surface area contributed by atoms with Crippen molar-refractivity contribution in [2.24, 2.45) is 5.92 Å². The highest BCUT2D eigenvalue weighted by Gasteiger charge is 2.31. The Morgan fingerprint density at radius 1 is 1.21 bits per heavy atom. The molecular formula is C23H26F3N5O3. The van der Waals surface area contributed by atoms with Crippen LogP contribution < -0.4 is 10.1 Å². The number of hydrogen-bond acceptors (Lipinski definition) is 6. The first-order valence-corrected chi connectivity index (χ1v) is 10.8. The fourth-order valence-electron chi connectivity index (χ4n) is 3.37. The monoisotopic (exact) mass is 477 g/mol. The largest absolute Gasteiger partial charge is 0.573 e. The summed E-state index contributed by atoms with van der Waals surface area (Å²) in [7, 11) is 0. The molecule has 8 nitrogen and oxygen atoms in total. The van der Waals surface area contributed by atoms with E-state index < -0.39 is 18.4 Å². The highest BCUT2D eigenvalue weighted by atomic mass is 19.4. The lowest BCUT2D eigenvalue weighted by Gasteiger charge is -2.17. The molecule has 34 heavy (non-hydrogen) atoms. The maximum Gasteiger partial charge on any atom is 0.573 e. The number of aromatic nitrogens is 4. The van der Waals surface area contributed by atoms with E-state index in [9.17, 15) is 23.1 Å². The summed E-state index contributed by atoms with van der Waals surface area (Å²) in [5.41, 5.74) is 1.50. The summed E-state index contributed by atoms with van der Waals surface area (Å²) in [5.74, 6) is -0.265. The second-order valence-electron chi connectivity index (χ2n) is 8.19. The Labute approximate surface area is 194 Å². The van der Waals surface area contributed by atoms with Crippen LogP contribution in [0.15, 0.2) is 36.5 Å². The fourth-order valence-corrected chi connectivity index (χ4v) is 3.37. The van der Waals surface area contributed by atoms with E-state index in [1.165, 1.54) is 24.4 Å². The third-order valence-electron chi connectivity index (χ3n) is 4.77. The van der Waals surface area contributed by atoms with Crippen LogP contribution in [0.3, 0.4) is 0 Å². The summed E-state index contributed by atoms with van der Waals surface area (Å²) >= 11 is 0. The highest BCUT2D eigenvalue weighted by Crippen LogP contribution is 2.28. The summed E-state index contributed by atoms with van der Waals surface area (Å²) in [6.45, 7) is 5.87. The minimum absolute atomic E-state index is 0.162. The molecule has 0 bridgehead atoms. The van der Waals surface area contributed by atoms with Crippen molar-refractivity contribution in [2.45, 2.75) is 52.4 Å². The smallest absolute Gasteiger partial charge is 0.480 e. The van der Waals surface area contributed by atoms with Gasteiger partial charge in [-0.15, -0.1) is 13.2 Å². The third kappa shape index (κ3) is 6.93. The maximum absolute atomic E-state index is 12.5. The van der Waals surface area contributed by atoms with Crippen LogP contribution in [0.5, 0.6) is 5.75 Å². The summed E-state index contributed by atoms with van der Waals surface area (Å²) in [6.07, 6.45) is -1.38. The number of H-pyrrole nitrogens is 1. The molecule has 1 atom stereocenters. The van der Waals surface area contributed by atoms with E-state index in [1.807, 2.05) is 20.8 Å². The fraction of sp³-hybridized carbons (Fsp3) is 0.391. The minimum Gasteiger partial charge on any atom is -0.480 e. The molecule has 3 aromatic rings. The Hall–Kier alpha value is -3.63. The van der Waals surface area contributed by atoms with Crippen molar-refractivity contribution < 1.29 is 27.8 Å². The number of carboxylic acids is 1.